The topological polar surface area (TPSA) is 85.0 Å². The van der Waals surface area contributed by atoms with Crippen LogP contribution in [-0.4, -0.2) is 38.8 Å². The van der Waals surface area contributed by atoms with Gasteiger partial charge in [-0.3, -0.25) is 14.8 Å². The molecule has 1 aliphatic rings. The van der Waals surface area contributed by atoms with Gasteiger partial charge >= 0.3 is 0 Å². The Morgan fingerprint density at radius 3 is 2.86 bits per heavy atom. The van der Waals surface area contributed by atoms with Crippen LogP contribution in [0.4, 0.5) is 5.13 Å². The fourth-order valence-corrected chi connectivity index (χ4v) is 3.78. The van der Waals surface area contributed by atoms with Crippen molar-refractivity contribution in [2.45, 2.75) is 32.6 Å². The van der Waals surface area contributed by atoms with Crippen molar-refractivity contribution in [3.05, 3.63) is 23.8 Å². The van der Waals surface area contributed by atoms with E-state index in [0.29, 0.717) is 11.7 Å². The molecule has 1 fully saturated rings. The van der Waals surface area contributed by atoms with Crippen LogP contribution in [-0.2, 0) is 4.79 Å². The minimum Gasteiger partial charge on any atom is -0.375 e. The lowest BCUT2D eigenvalue weighted by molar-refractivity contribution is -0.130. The Hall–Kier alpha value is -2.02. The summed E-state index contributed by atoms with van der Waals surface area (Å²) in [4.78, 5) is 27.9. The summed E-state index contributed by atoms with van der Waals surface area (Å²) in [6, 6.07) is 0. The Balaban J connectivity index is 1.98. The SMILES string of the molecule is CC(=O)N1CCCC(c2nccnc2-c2sc(N)nc2C)C1. The fraction of sp³-hybridized carbons (Fsp3) is 0.467. The van der Waals surface area contributed by atoms with Gasteiger partial charge in [0.2, 0.25) is 5.91 Å². The number of amides is 1. The average molecular weight is 317 g/mol. The molecule has 1 saturated heterocycles. The van der Waals surface area contributed by atoms with Gasteiger partial charge in [0.15, 0.2) is 5.13 Å². The first-order valence-corrected chi connectivity index (χ1v) is 8.17. The number of carbonyl (C=O) groups is 1. The van der Waals surface area contributed by atoms with Crippen LogP contribution in [0, 0.1) is 6.92 Å². The Bertz CT molecular complexity index is 699. The second-order valence-electron chi connectivity index (χ2n) is 5.56. The van der Waals surface area contributed by atoms with Crippen LogP contribution < -0.4 is 5.73 Å². The third-order valence-corrected chi connectivity index (χ3v) is 5.00. The lowest BCUT2D eigenvalue weighted by Gasteiger charge is -2.32. The van der Waals surface area contributed by atoms with Crippen molar-refractivity contribution in [3.63, 3.8) is 0 Å². The summed E-state index contributed by atoms with van der Waals surface area (Å²) in [6.45, 7) is 5.08. The number of carbonyl (C=O) groups excluding carboxylic acids is 1. The minimum absolute atomic E-state index is 0.119. The summed E-state index contributed by atoms with van der Waals surface area (Å²) >= 11 is 1.44. The molecule has 22 heavy (non-hydrogen) atoms. The van der Waals surface area contributed by atoms with Gasteiger partial charge in [0.1, 0.15) is 5.69 Å². The molecule has 0 aromatic carbocycles. The minimum atomic E-state index is 0.119. The Labute approximate surface area is 133 Å². The second kappa shape index (κ2) is 6.00. The number of nitrogens with two attached hydrogens (primary N) is 1. The highest BCUT2D eigenvalue weighted by Gasteiger charge is 2.27. The van der Waals surface area contributed by atoms with E-state index in [1.165, 1.54) is 11.3 Å². The lowest BCUT2D eigenvalue weighted by atomic mass is 9.92. The number of aryl methyl sites for hydroxylation is 1. The van der Waals surface area contributed by atoms with Gasteiger partial charge in [0.05, 0.1) is 16.3 Å². The number of nitrogens with zero attached hydrogens (tertiary/aromatic N) is 4. The van der Waals surface area contributed by atoms with Crippen molar-refractivity contribution < 1.29 is 4.79 Å². The highest BCUT2D eigenvalue weighted by atomic mass is 32.1. The predicted molar refractivity (Wildman–Crippen MR) is 86.5 cm³/mol. The van der Waals surface area contributed by atoms with Crippen molar-refractivity contribution in [2.24, 2.45) is 0 Å². The standard InChI is InChI=1S/C15H19N5OS/c1-9-14(22-15(16)19-9)13-12(17-5-6-18-13)11-4-3-7-20(8-11)10(2)21/h5-6,11H,3-4,7-8H2,1-2H3,(H2,16,19). The first kappa shape index (κ1) is 14.9. The molecule has 0 spiro atoms. The van der Waals surface area contributed by atoms with E-state index in [2.05, 4.69) is 15.0 Å². The number of rotatable bonds is 2. The third-order valence-electron chi connectivity index (χ3n) is 4.01. The molecule has 1 atom stereocenters. The molecule has 3 rings (SSSR count). The second-order valence-corrected chi connectivity index (χ2v) is 6.59. The zero-order valence-corrected chi connectivity index (χ0v) is 13.6. The zero-order chi connectivity index (χ0) is 15.7. The van der Waals surface area contributed by atoms with Gasteiger partial charge < -0.3 is 10.6 Å². The van der Waals surface area contributed by atoms with E-state index in [9.17, 15) is 4.79 Å². The number of nitrogen functional groups attached to an aromatic ring is 1. The molecule has 2 aromatic rings. The number of thiazole rings is 1. The maximum Gasteiger partial charge on any atom is 0.219 e. The normalized spacial score (nSPS) is 18.5. The van der Waals surface area contributed by atoms with E-state index in [4.69, 9.17) is 5.73 Å². The van der Waals surface area contributed by atoms with E-state index < -0.39 is 0 Å². The number of piperidine rings is 1. The Morgan fingerprint density at radius 2 is 2.18 bits per heavy atom. The van der Waals surface area contributed by atoms with E-state index in [-0.39, 0.29) is 11.8 Å². The van der Waals surface area contributed by atoms with Gasteiger partial charge in [-0.05, 0) is 19.8 Å². The molecule has 7 heteroatoms. The largest absolute Gasteiger partial charge is 0.375 e. The molecule has 0 radical (unpaired) electrons. The van der Waals surface area contributed by atoms with E-state index in [0.717, 1.165) is 41.3 Å². The first-order valence-electron chi connectivity index (χ1n) is 7.36. The van der Waals surface area contributed by atoms with Crippen molar-refractivity contribution in [2.75, 3.05) is 18.8 Å². The summed E-state index contributed by atoms with van der Waals surface area (Å²) in [5.41, 5.74) is 8.49. The molecule has 1 aliphatic heterocycles. The molecule has 0 saturated carbocycles. The van der Waals surface area contributed by atoms with Gasteiger partial charge in [-0.1, -0.05) is 11.3 Å². The highest BCUT2D eigenvalue weighted by molar-refractivity contribution is 7.18. The van der Waals surface area contributed by atoms with Gasteiger partial charge in [-0.25, -0.2) is 4.98 Å². The molecule has 3 heterocycles. The summed E-state index contributed by atoms with van der Waals surface area (Å²) in [6.07, 6.45) is 5.41. The molecule has 2 aromatic heterocycles. The monoisotopic (exact) mass is 317 g/mol. The maximum absolute atomic E-state index is 11.7. The van der Waals surface area contributed by atoms with Crippen molar-refractivity contribution in [3.8, 4) is 10.6 Å². The van der Waals surface area contributed by atoms with Crippen LogP contribution in [0.3, 0.4) is 0 Å². The van der Waals surface area contributed by atoms with Crippen LogP contribution in [0.25, 0.3) is 10.6 Å². The molecule has 116 valence electrons. The van der Waals surface area contributed by atoms with Crippen LogP contribution in [0.15, 0.2) is 12.4 Å². The third kappa shape index (κ3) is 2.81. The zero-order valence-electron chi connectivity index (χ0n) is 12.7. The number of likely N-dealkylation sites (tertiary alicyclic amines) is 1. The molecule has 2 N–H and O–H groups in total. The van der Waals surface area contributed by atoms with Gasteiger partial charge in [0.25, 0.3) is 0 Å². The summed E-state index contributed by atoms with van der Waals surface area (Å²) in [7, 11) is 0. The molecule has 1 amide bonds. The van der Waals surface area contributed by atoms with Crippen LogP contribution in [0.5, 0.6) is 0 Å². The summed E-state index contributed by atoms with van der Waals surface area (Å²) < 4.78 is 0. The number of aromatic nitrogens is 3. The predicted octanol–water partition coefficient (Wildman–Crippen LogP) is 2.22. The van der Waals surface area contributed by atoms with Crippen molar-refractivity contribution in [1.82, 2.24) is 19.9 Å². The average Bonchev–Trinajstić information content (AvgIpc) is 2.86. The van der Waals surface area contributed by atoms with Gasteiger partial charge in [-0.2, -0.15) is 0 Å². The molecular weight excluding hydrogens is 298 g/mol. The Morgan fingerprint density at radius 1 is 1.41 bits per heavy atom. The summed E-state index contributed by atoms with van der Waals surface area (Å²) in [5.74, 6) is 0.331. The fourth-order valence-electron chi connectivity index (χ4n) is 2.95. The number of hydrogen-bond acceptors (Lipinski definition) is 6. The number of anilines is 1. The van der Waals surface area contributed by atoms with Crippen molar-refractivity contribution >= 4 is 22.4 Å². The smallest absolute Gasteiger partial charge is 0.219 e. The van der Waals surface area contributed by atoms with Crippen LogP contribution in [0.1, 0.15) is 37.1 Å². The van der Waals surface area contributed by atoms with E-state index in [1.54, 1.807) is 19.3 Å². The van der Waals surface area contributed by atoms with Crippen LogP contribution >= 0.6 is 11.3 Å². The first-order chi connectivity index (χ1) is 10.6. The van der Waals surface area contributed by atoms with Gasteiger partial charge in [-0.15, -0.1) is 0 Å². The van der Waals surface area contributed by atoms with E-state index in [1.807, 2.05) is 11.8 Å². The van der Waals surface area contributed by atoms with Crippen molar-refractivity contribution in [1.29, 1.82) is 0 Å². The molecular formula is C15H19N5OS. The maximum atomic E-state index is 11.7. The molecule has 1 unspecified atom stereocenters. The van der Waals surface area contributed by atoms with E-state index >= 15 is 0 Å². The quantitative estimate of drug-likeness (QED) is 0.918. The number of hydrogen-bond donors (Lipinski definition) is 1. The molecule has 6 nitrogen and oxygen atoms in total. The highest BCUT2D eigenvalue weighted by Crippen LogP contribution is 2.36. The summed E-state index contributed by atoms with van der Waals surface area (Å²) in [5, 5.41) is 0.540. The lowest BCUT2D eigenvalue weighted by Crippen LogP contribution is -2.38. The molecule has 0 bridgehead atoms. The van der Waals surface area contributed by atoms with Crippen LogP contribution in [0.2, 0.25) is 0 Å². The Kier molecular flexibility index (Phi) is 4.06. The van der Waals surface area contributed by atoms with Gasteiger partial charge in [0, 0.05) is 38.3 Å². The molecule has 0 aliphatic carbocycles.